The van der Waals surface area contributed by atoms with Crippen molar-refractivity contribution in [1.82, 2.24) is 4.98 Å². The van der Waals surface area contributed by atoms with Crippen molar-refractivity contribution in [3.05, 3.63) is 69.9 Å². The molecule has 2 N–H and O–H groups in total. The molecule has 3 rings (SSSR count). The van der Waals surface area contributed by atoms with Crippen molar-refractivity contribution in [3.8, 4) is 17.0 Å². The lowest BCUT2D eigenvalue weighted by atomic mass is 10.1. The van der Waals surface area contributed by atoms with Gasteiger partial charge in [0.05, 0.1) is 12.3 Å². The van der Waals surface area contributed by atoms with E-state index in [1.165, 1.54) is 19.1 Å². The average molecular weight is 519 g/mol. The van der Waals surface area contributed by atoms with Gasteiger partial charge >= 0.3 is 5.97 Å². The summed E-state index contributed by atoms with van der Waals surface area (Å²) in [6, 6.07) is 6.32. The van der Waals surface area contributed by atoms with Gasteiger partial charge in [-0.05, 0) is 43.7 Å². The number of amides is 1. The van der Waals surface area contributed by atoms with Crippen molar-refractivity contribution in [1.29, 1.82) is 0 Å². The number of nitrogens with zero attached hydrogens (tertiary/aromatic N) is 1. The van der Waals surface area contributed by atoms with Crippen LogP contribution >= 0.6 is 11.3 Å². The Balaban J connectivity index is 1.73. The lowest BCUT2D eigenvalue weighted by Gasteiger charge is -2.09. The largest absolute Gasteiger partial charge is 0.490 e. The Labute approximate surface area is 210 Å². The summed E-state index contributed by atoms with van der Waals surface area (Å²) in [7, 11) is 0. The normalized spacial score (nSPS) is 11.4. The van der Waals surface area contributed by atoms with Crippen LogP contribution in [0, 0.1) is 17.5 Å². The molecule has 0 aliphatic rings. The van der Waals surface area contributed by atoms with E-state index in [1.54, 1.807) is 11.4 Å². The number of anilines is 1. The molecule has 1 heterocycles. The Bertz CT molecular complexity index is 1270. The zero-order chi connectivity index (χ0) is 26.2. The third kappa shape index (κ3) is 6.72. The number of rotatable bonds is 11. The fraction of sp³-hybridized carbons (Fsp3) is 0.269. The highest BCUT2D eigenvalue weighted by molar-refractivity contribution is 7.14. The topological polar surface area (TPSA) is 88.5 Å². The van der Waals surface area contributed by atoms with E-state index in [0.717, 1.165) is 55.2 Å². The Hall–Kier alpha value is -3.66. The maximum atomic E-state index is 15.0. The number of unbranched alkanes of at least 4 members (excludes halogenated alkanes) is 3. The van der Waals surface area contributed by atoms with E-state index >= 15 is 0 Å². The molecule has 0 aliphatic heterocycles. The van der Waals surface area contributed by atoms with E-state index in [9.17, 15) is 22.8 Å². The van der Waals surface area contributed by atoms with Crippen molar-refractivity contribution in [2.75, 3.05) is 11.9 Å². The summed E-state index contributed by atoms with van der Waals surface area (Å²) in [5.74, 6) is -4.79. The average Bonchev–Trinajstić information content (AvgIpc) is 3.29. The summed E-state index contributed by atoms with van der Waals surface area (Å²) in [6.45, 7) is 3.70. The number of hydrogen-bond donors (Lipinski definition) is 2. The number of hydrogen-bond acceptors (Lipinski definition) is 5. The second kappa shape index (κ2) is 12.3. The first-order valence-electron chi connectivity index (χ1n) is 11.3. The monoisotopic (exact) mass is 518 g/mol. The molecule has 0 saturated carbocycles. The van der Waals surface area contributed by atoms with Gasteiger partial charge in [-0.3, -0.25) is 10.1 Å². The van der Waals surface area contributed by atoms with Gasteiger partial charge in [0, 0.05) is 27.6 Å². The lowest BCUT2D eigenvalue weighted by Crippen LogP contribution is -2.13. The summed E-state index contributed by atoms with van der Waals surface area (Å²) >= 11 is 1.02. The van der Waals surface area contributed by atoms with E-state index < -0.39 is 34.9 Å². The Morgan fingerprint density at radius 2 is 1.86 bits per heavy atom. The summed E-state index contributed by atoms with van der Waals surface area (Å²) in [5, 5.41) is 13.0. The van der Waals surface area contributed by atoms with Gasteiger partial charge in [-0.2, -0.15) is 0 Å². The molecule has 190 valence electrons. The molecule has 3 aromatic rings. The van der Waals surface area contributed by atoms with E-state index in [2.05, 4.69) is 17.2 Å². The van der Waals surface area contributed by atoms with Crippen molar-refractivity contribution in [3.63, 3.8) is 0 Å². The van der Waals surface area contributed by atoms with Crippen LogP contribution in [0.2, 0.25) is 0 Å². The molecule has 1 amide bonds. The fourth-order valence-corrected chi connectivity index (χ4v) is 3.99. The van der Waals surface area contributed by atoms with E-state index in [4.69, 9.17) is 9.84 Å². The van der Waals surface area contributed by atoms with Gasteiger partial charge < -0.3 is 9.84 Å². The molecular formula is C26H25F3N2O4S. The van der Waals surface area contributed by atoms with Crippen LogP contribution in [0.4, 0.5) is 18.3 Å². The van der Waals surface area contributed by atoms with Crippen LogP contribution in [0.3, 0.4) is 0 Å². The van der Waals surface area contributed by atoms with Crippen molar-refractivity contribution in [2.24, 2.45) is 0 Å². The summed E-state index contributed by atoms with van der Waals surface area (Å²) in [6.07, 6.45) is 4.85. The van der Waals surface area contributed by atoms with Gasteiger partial charge in [0.1, 0.15) is 11.6 Å². The Kier molecular flexibility index (Phi) is 9.24. The quantitative estimate of drug-likeness (QED) is 0.212. The minimum atomic E-state index is -1.32. The second-order valence-electron chi connectivity index (χ2n) is 8.00. The number of ether oxygens (including phenoxy) is 1. The number of benzene rings is 2. The third-order valence-corrected chi connectivity index (χ3v) is 6.02. The van der Waals surface area contributed by atoms with E-state index in [0.29, 0.717) is 6.61 Å². The number of carboxylic acids is 1. The second-order valence-corrected chi connectivity index (χ2v) is 8.86. The standard InChI is InChI=1S/C26H25F3N2O4S/c1-3-4-5-6-10-35-22-9-7-8-17(23(22)29)21-14-36-26(30-21)31-24(32)16-12-19(27)18(20(28)13-16)11-15(2)25(33)34/h7-9,11-14H,3-6,10H2,1-2H3,(H,33,34)(H,30,31,32). The molecule has 10 heteroatoms. The summed E-state index contributed by atoms with van der Waals surface area (Å²) in [4.78, 5) is 27.7. The lowest BCUT2D eigenvalue weighted by molar-refractivity contribution is -0.132. The van der Waals surface area contributed by atoms with E-state index in [1.807, 2.05) is 0 Å². The molecule has 0 aliphatic carbocycles. The maximum absolute atomic E-state index is 15.0. The van der Waals surface area contributed by atoms with Crippen LogP contribution in [0.5, 0.6) is 5.75 Å². The number of aromatic nitrogens is 1. The van der Waals surface area contributed by atoms with Gasteiger partial charge in [0.2, 0.25) is 0 Å². The van der Waals surface area contributed by atoms with Crippen molar-refractivity contribution >= 4 is 34.4 Å². The molecule has 0 radical (unpaired) electrons. The van der Waals surface area contributed by atoms with Crippen LogP contribution in [0.15, 0.2) is 41.3 Å². The molecule has 0 fully saturated rings. The smallest absolute Gasteiger partial charge is 0.331 e. The third-order valence-electron chi connectivity index (χ3n) is 5.26. The predicted octanol–water partition coefficient (Wildman–Crippen LogP) is 6.93. The van der Waals surface area contributed by atoms with Crippen LogP contribution < -0.4 is 10.1 Å². The van der Waals surface area contributed by atoms with Crippen LogP contribution in [0.1, 0.15) is 55.5 Å². The zero-order valence-electron chi connectivity index (χ0n) is 19.7. The number of thiazole rings is 1. The van der Waals surface area contributed by atoms with Gasteiger partial charge in [0.25, 0.3) is 5.91 Å². The number of carbonyl (C=O) groups excluding carboxylic acids is 1. The van der Waals surface area contributed by atoms with Crippen LogP contribution in [-0.2, 0) is 4.79 Å². The highest BCUT2D eigenvalue weighted by Crippen LogP contribution is 2.32. The molecule has 1 aromatic heterocycles. The molecule has 0 spiro atoms. The van der Waals surface area contributed by atoms with Gasteiger partial charge in [-0.25, -0.2) is 22.9 Å². The Morgan fingerprint density at radius 1 is 1.14 bits per heavy atom. The van der Waals surface area contributed by atoms with Gasteiger partial charge in [-0.15, -0.1) is 11.3 Å². The summed E-state index contributed by atoms with van der Waals surface area (Å²) < 4.78 is 49.3. The number of nitrogens with one attached hydrogen (secondary N) is 1. The molecule has 6 nitrogen and oxygen atoms in total. The number of aliphatic carboxylic acids is 1. The first kappa shape index (κ1) is 26.9. The SMILES string of the molecule is CCCCCCOc1cccc(-c2csc(NC(=O)c3cc(F)c(C=C(C)C(=O)O)c(F)c3)n2)c1F. The molecule has 36 heavy (non-hydrogen) atoms. The van der Waals surface area contributed by atoms with Gasteiger partial charge in [0.15, 0.2) is 16.7 Å². The molecule has 0 bridgehead atoms. The highest BCUT2D eigenvalue weighted by Gasteiger charge is 2.18. The fourth-order valence-electron chi connectivity index (χ4n) is 3.29. The van der Waals surface area contributed by atoms with E-state index in [-0.39, 0.29) is 33.3 Å². The maximum Gasteiger partial charge on any atom is 0.331 e. The molecule has 2 aromatic carbocycles. The highest BCUT2D eigenvalue weighted by atomic mass is 32.1. The first-order valence-corrected chi connectivity index (χ1v) is 12.2. The Morgan fingerprint density at radius 3 is 2.53 bits per heavy atom. The molecule has 0 saturated heterocycles. The molecule has 0 unspecified atom stereocenters. The van der Waals surface area contributed by atoms with Crippen LogP contribution in [0.25, 0.3) is 17.3 Å². The number of halogens is 3. The number of carboxylic acid groups (broad SMARTS) is 1. The minimum Gasteiger partial charge on any atom is -0.490 e. The first-order chi connectivity index (χ1) is 17.2. The number of carbonyl (C=O) groups is 2. The summed E-state index contributed by atoms with van der Waals surface area (Å²) in [5.41, 5.74) is -0.688. The predicted molar refractivity (Wildman–Crippen MR) is 133 cm³/mol. The van der Waals surface area contributed by atoms with Crippen molar-refractivity contribution in [2.45, 2.75) is 39.5 Å². The minimum absolute atomic E-state index is 0.104. The van der Waals surface area contributed by atoms with Crippen LogP contribution in [-0.4, -0.2) is 28.6 Å². The zero-order valence-corrected chi connectivity index (χ0v) is 20.6. The molecular weight excluding hydrogens is 493 g/mol. The van der Waals surface area contributed by atoms with Crippen molar-refractivity contribution < 1.29 is 32.6 Å². The molecule has 0 atom stereocenters. The van der Waals surface area contributed by atoms with Gasteiger partial charge in [-0.1, -0.05) is 32.3 Å².